The van der Waals surface area contributed by atoms with Crippen LogP contribution >= 0.6 is 0 Å². The van der Waals surface area contributed by atoms with Crippen LogP contribution in [0.2, 0.25) is 0 Å². The molecule has 0 nitrogen and oxygen atoms in total. The van der Waals surface area contributed by atoms with Gasteiger partial charge in [-0.3, -0.25) is 0 Å². The van der Waals surface area contributed by atoms with E-state index in [1.807, 2.05) is 18.2 Å². The lowest BCUT2D eigenvalue weighted by Crippen LogP contribution is -1.97. The number of allylic oxidation sites excluding steroid dienone is 6. The molecule has 310 valence electrons. The Bertz CT molecular complexity index is 3450. The third kappa shape index (κ3) is 7.75. The fraction of sp³-hybridized carbons (Fsp3) is 0.0462. The number of hydrogen-bond acceptors (Lipinski definition) is 0. The van der Waals surface area contributed by atoms with E-state index in [2.05, 4.69) is 246 Å². The fourth-order valence-corrected chi connectivity index (χ4v) is 9.80. The van der Waals surface area contributed by atoms with Gasteiger partial charge in [0.25, 0.3) is 0 Å². The Kier molecular flexibility index (Phi) is 11.3. The summed E-state index contributed by atoms with van der Waals surface area (Å²) < 4.78 is 0. The predicted molar refractivity (Wildman–Crippen MR) is 284 cm³/mol. The van der Waals surface area contributed by atoms with Crippen LogP contribution in [0.3, 0.4) is 0 Å². The molecule has 10 aromatic carbocycles. The van der Waals surface area contributed by atoms with Crippen LogP contribution in [-0.2, 0) is 0 Å². The molecular formula is C65H50. The van der Waals surface area contributed by atoms with Gasteiger partial charge in [-0.05, 0) is 148 Å². The van der Waals surface area contributed by atoms with Crippen molar-refractivity contribution in [2.45, 2.75) is 20.8 Å². The van der Waals surface area contributed by atoms with Crippen molar-refractivity contribution in [3.63, 3.8) is 0 Å². The van der Waals surface area contributed by atoms with E-state index in [1.165, 1.54) is 121 Å². The van der Waals surface area contributed by atoms with Crippen LogP contribution in [0.25, 0.3) is 111 Å². The van der Waals surface area contributed by atoms with Gasteiger partial charge in [0, 0.05) is 0 Å². The SMILES string of the molecule is C=C/C=C\C=C(/C)c1ccc(-c2c3ccccc3c(-c3ccc(-c4ccccc4)cc3)c3ccc(-c4c(C)c(/C=C\C)c(-c5ccc(-c6ccccc6)cc5)c5ccccc45)cc23)cc1. The molecule has 0 atom stereocenters. The van der Waals surface area contributed by atoms with Gasteiger partial charge >= 0.3 is 0 Å². The highest BCUT2D eigenvalue weighted by atomic mass is 14.2. The summed E-state index contributed by atoms with van der Waals surface area (Å²) in [5.41, 5.74) is 19.6. The van der Waals surface area contributed by atoms with E-state index in [-0.39, 0.29) is 0 Å². The van der Waals surface area contributed by atoms with Gasteiger partial charge in [-0.25, -0.2) is 0 Å². The van der Waals surface area contributed by atoms with E-state index >= 15 is 0 Å². The Morgan fingerprint density at radius 1 is 0.385 bits per heavy atom. The average Bonchev–Trinajstić information content (AvgIpc) is 3.36. The summed E-state index contributed by atoms with van der Waals surface area (Å²) in [4.78, 5) is 0. The Hall–Kier alpha value is -8.06. The van der Waals surface area contributed by atoms with Crippen molar-refractivity contribution < 1.29 is 0 Å². The minimum absolute atomic E-state index is 1.19. The van der Waals surface area contributed by atoms with Gasteiger partial charge in [-0.1, -0.05) is 237 Å². The first kappa shape index (κ1) is 41.0. The third-order valence-electron chi connectivity index (χ3n) is 12.9. The lowest BCUT2D eigenvalue weighted by Gasteiger charge is -2.22. The van der Waals surface area contributed by atoms with Crippen LogP contribution in [0.5, 0.6) is 0 Å². The molecule has 0 aliphatic heterocycles. The van der Waals surface area contributed by atoms with Crippen LogP contribution < -0.4 is 0 Å². The fourth-order valence-electron chi connectivity index (χ4n) is 9.80. The number of benzene rings is 10. The molecule has 0 heteroatoms. The molecule has 0 bridgehead atoms. The molecule has 0 radical (unpaired) electrons. The molecule has 0 fully saturated rings. The zero-order valence-electron chi connectivity index (χ0n) is 37.2. The number of fused-ring (bicyclic) bond motifs is 3. The Morgan fingerprint density at radius 2 is 0.785 bits per heavy atom. The summed E-state index contributed by atoms with van der Waals surface area (Å²) in [5, 5.41) is 7.43. The summed E-state index contributed by atoms with van der Waals surface area (Å²) in [6.07, 6.45) is 12.4. The van der Waals surface area contributed by atoms with Crippen molar-refractivity contribution in [3.8, 4) is 66.8 Å². The summed E-state index contributed by atoms with van der Waals surface area (Å²) >= 11 is 0. The van der Waals surface area contributed by atoms with Gasteiger partial charge in [-0.15, -0.1) is 0 Å². The molecule has 0 aromatic heterocycles. The molecular weight excluding hydrogens is 781 g/mol. The molecule has 10 aromatic rings. The first-order valence-electron chi connectivity index (χ1n) is 22.6. The second-order valence-corrected chi connectivity index (χ2v) is 16.8. The van der Waals surface area contributed by atoms with E-state index < -0.39 is 0 Å². The monoisotopic (exact) mass is 830 g/mol. The highest BCUT2D eigenvalue weighted by Crippen LogP contribution is 2.48. The molecule has 0 heterocycles. The molecule has 65 heavy (non-hydrogen) atoms. The summed E-state index contributed by atoms with van der Waals surface area (Å²) in [5.74, 6) is 0. The van der Waals surface area contributed by atoms with Crippen LogP contribution in [0.15, 0.2) is 237 Å². The second-order valence-electron chi connectivity index (χ2n) is 16.8. The summed E-state index contributed by atoms with van der Waals surface area (Å²) in [7, 11) is 0. The Morgan fingerprint density at radius 3 is 1.31 bits per heavy atom. The van der Waals surface area contributed by atoms with Gasteiger partial charge in [0.2, 0.25) is 0 Å². The van der Waals surface area contributed by atoms with Gasteiger partial charge in [0.15, 0.2) is 0 Å². The molecule has 0 spiro atoms. The van der Waals surface area contributed by atoms with Crippen LogP contribution in [-0.4, -0.2) is 0 Å². The largest absolute Gasteiger partial charge is 0.0991 e. The zero-order chi connectivity index (χ0) is 44.3. The lowest BCUT2D eigenvalue weighted by atomic mass is 9.81. The average molecular weight is 831 g/mol. The second kappa shape index (κ2) is 18.0. The first-order valence-corrected chi connectivity index (χ1v) is 22.6. The van der Waals surface area contributed by atoms with E-state index in [9.17, 15) is 0 Å². The third-order valence-corrected chi connectivity index (χ3v) is 12.9. The van der Waals surface area contributed by atoms with Gasteiger partial charge < -0.3 is 0 Å². The molecule has 10 rings (SSSR count). The molecule has 0 saturated heterocycles. The van der Waals surface area contributed by atoms with Gasteiger partial charge in [0.05, 0.1) is 0 Å². The maximum Gasteiger partial charge on any atom is -0.00261 e. The van der Waals surface area contributed by atoms with Crippen molar-refractivity contribution >= 4 is 44.0 Å². The first-order chi connectivity index (χ1) is 32.0. The summed E-state index contributed by atoms with van der Waals surface area (Å²) in [6, 6.07) is 73.8. The van der Waals surface area contributed by atoms with Crippen molar-refractivity contribution in [2.75, 3.05) is 0 Å². The molecule has 0 amide bonds. The van der Waals surface area contributed by atoms with Gasteiger partial charge in [-0.2, -0.15) is 0 Å². The molecule has 0 aliphatic carbocycles. The number of rotatable bonds is 10. The minimum atomic E-state index is 1.19. The van der Waals surface area contributed by atoms with Crippen molar-refractivity contribution in [3.05, 3.63) is 254 Å². The highest BCUT2D eigenvalue weighted by molar-refractivity contribution is 6.22. The minimum Gasteiger partial charge on any atom is -0.0991 e. The van der Waals surface area contributed by atoms with Gasteiger partial charge in [0.1, 0.15) is 0 Å². The quantitative estimate of drug-likeness (QED) is 0.0951. The maximum absolute atomic E-state index is 3.83. The van der Waals surface area contributed by atoms with Crippen LogP contribution in [0.4, 0.5) is 0 Å². The van der Waals surface area contributed by atoms with Crippen molar-refractivity contribution in [1.29, 1.82) is 0 Å². The standard InChI is InChI=1S/C65H50/c1-5-7-10-20-44(3)46-29-35-53(36-30-46)65-59-28-18-17-27-58(59)64(52-39-33-50(34-40-52)48-23-13-9-14-24-48)60-42-41-54(43-61(60)65)62-45(4)55(19-6-2)63(57-26-16-15-25-56(57)62)51-37-31-49(32-38-51)47-21-11-8-12-22-47/h5-43H,1H2,2-4H3/b10-7-,19-6-,44-20+. The lowest BCUT2D eigenvalue weighted by molar-refractivity contribution is 1.45. The van der Waals surface area contributed by atoms with Crippen LogP contribution in [0, 0.1) is 6.92 Å². The predicted octanol–water partition coefficient (Wildman–Crippen LogP) is 18.6. The van der Waals surface area contributed by atoms with E-state index in [1.54, 1.807) is 0 Å². The van der Waals surface area contributed by atoms with Crippen LogP contribution in [0.1, 0.15) is 30.5 Å². The van der Waals surface area contributed by atoms with E-state index in [0.29, 0.717) is 0 Å². The van der Waals surface area contributed by atoms with Crippen molar-refractivity contribution in [1.82, 2.24) is 0 Å². The summed E-state index contributed by atoms with van der Waals surface area (Å²) in [6.45, 7) is 10.4. The molecule has 0 aliphatic rings. The van der Waals surface area contributed by atoms with E-state index in [4.69, 9.17) is 0 Å². The molecule has 0 N–H and O–H groups in total. The maximum atomic E-state index is 3.83. The molecule has 0 unspecified atom stereocenters. The number of hydrogen-bond donors (Lipinski definition) is 0. The van der Waals surface area contributed by atoms with E-state index in [0.717, 1.165) is 0 Å². The smallest absolute Gasteiger partial charge is 0.00261 e. The topological polar surface area (TPSA) is 0 Å². The molecule has 0 saturated carbocycles. The Labute approximate surface area is 383 Å². The zero-order valence-corrected chi connectivity index (χ0v) is 37.2. The highest BCUT2D eigenvalue weighted by Gasteiger charge is 2.22. The Balaban J connectivity index is 1.22. The normalized spacial score (nSPS) is 12.0. The van der Waals surface area contributed by atoms with Crippen molar-refractivity contribution in [2.24, 2.45) is 0 Å².